The molecule has 2 aromatic heterocycles. The van der Waals surface area contributed by atoms with Gasteiger partial charge < -0.3 is 14.5 Å². The van der Waals surface area contributed by atoms with Gasteiger partial charge in [-0.2, -0.15) is 10.1 Å². The first-order chi connectivity index (χ1) is 12.4. The number of aliphatic hydroxyl groups is 1. The van der Waals surface area contributed by atoms with Crippen LogP contribution < -0.4 is 0 Å². The first-order valence-corrected chi connectivity index (χ1v) is 9.24. The molecule has 8 heteroatoms. The van der Waals surface area contributed by atoms with E-state index in [4.69, 9.17) is 4.52 Å². The van der Waals surface area contributed by atoms with Gasteiger partial charge in [-0.05, 0) is 32.6 Å². The average Bonchev–Trinajstić information content (AvgIpc) is 3.29. The van der Waals surface area contributed by atoms with E-state index in [-0.39, 0.29) is 5.91 Å². The minimum Gasteiger partial charge on any atom is -0.388 e. The highest BCUT2D eigenvalue weighted by atomic mass is 16.5. The first-order valence-electron chi connectivity index (χ1n) is 9.24. The lowest BCUT2D eigenvalue weighted by Crippen LogP contribution is -2.51. The smallest absolute Gasteiger partial charge is 0.229 e. The van der Waals surface area contributed by atoms with E-state index in [1.54, 1.807) is 15.8 Å². The number of piperidine rings is 1. The number of hydrogen-bond donors (Lipinski definition) is 1. The zero-order valence-corrected chi connectivity index (χ0v) is 15.3. The van der Waals surface area contributed by atoms with Gasteiger partial charge in [0, 0.05) is 37.3 Å². The number of carbonyl (C=O) groups excluding carboxylic acids is 1. The molecular formula is C18H25N5O3. The summed E-state index contributed by atoms with van der Waals surface area (Å²) >= 11 is 0. The monoisotopic (exact) mass is 359 g/mol. The zero-order valence-electron chi connectivity index (χ0n) is 15.3. The molecule has 1 atom stereocenters. The molecule has 2 aromatic rings. The third-order valence-electron chi connectivity index (χ3n) is 5.49. The molecule has 1 saturated heterocycles. The highest BCUT2D eigenvalue weighted by molar-refractivity contribution is 5.79. The lowest BCUT2D eigenvalue weighted by atomic mass is 9.89. The highest BCUT2D eigenvalue weighted by Crippen LogP contribution is 2.38. The Bertz CT molecular complexity index is 810. The second-order valence-corrected chi connectivity index (χ2v) is 7.70. The second kappa shape index (κ2) is 6.50. The van der Waals surface area contributed by atoms with Crippen molar-refractivity contribution in [3.8, 4) is 0 Å². The van der Waals surface area contributed by atoms with Crippen molar-refractivity contribution in [2.24, 2.45) is 7.05 Å². The molecule has 8 nitrogen and oxygen atoms in total. The largest absolute Gasteiger partial charge is 0.388 e. The molecule has 0 spiro atoms. The van der Waals surface area contributed by atoms with Gasteiger partial charge in [-0.25, -0.2) is 0 Å². The number of hydrogen-bond acceptors (Lipinski definition) is 6. The summed E-state index contributed by atoms with van der Waals surface area (Å²) < 4.78 is 7.07. The Hall–Kier alpha value is -2.22. The number of carbonyl (C=O) groups is 1. The van der Waals surface area contributed by atoms with Crippen molar-refractivity contribution in [2.45, 2.75) is 57.0 Å². The Morgan fingerprint density at radius 2 is 2.27 bits per heavy atom. The minimum absolute atomic E-state index is 0.0171. The number of aryl methyl sites for hydroxylation is 1. The third kappa shape index (κ3) is 3.51. The molecule has 140 valence electrons. The molecular weight excluding hydrogens is 334 g/mol. The van der Waals surface area contributed by atoms with Gasteiger partial charge in [-0.1, -0.05) is 5.16 Å². The summed E-state index contributed by atoms with van der Waals surface area (Å²) in [6, 6.07) is 0. The molecule has 1 N–H and O–H groups in total. The van der Waals surface area contributed by atoms with Gasteiger partial charge in [0.2, 0.25) is 11.8 Å². The van der Waals surface area contributed by atoms with Crippen molar-refractivity contribution in [2.75, 3.05) is 13.1 Å². The first kappa shape index (κ1) is 17.2. The maximum atomic E-state index is 12.7. The molecule has 1 aliphatic carbocycles. The molecule has 3 heterocycles. The van der Waals surface area contributed by atoms with Crippen LogP contribution in [0.3, 0.4) is 0 Å². The Kier molecular flexibility index (Phi) is 4.30. The number of aromatic nitrogens is 4. The van der Waals surface area contributed by atoms with E-state index in [9.17, 15) is 9.90 Å². The average molecular weight is 359 g/mol. The third-order valence-corrected chi connectivity index (χ3v) is 5.49. The maximum absolute atomic E-state index is 12.7. The quantitative estimate of drug-likeness (QED) is 0.859. The van der Waals surface area contributed by atoms with E-state index >= 15 is 0 Å². The molecule has 1 saturated carbocycles. The summed E-state index contributed by atoms with van der Waals surface area (Å²) in [5, 5.41) is 19.2. The summed E-state index contributed by atoms with van der Waals surface area (Å²) in [4.78, 5) is 18.9. The molecule has 0 radical (unpaired) electrons. The molecule has 1 aliphatic heterocycles. The van der Waals surface area contributed by atoms with E-state index in [1.165, 1.54) is 0 Å². The minimum atomic E-state index is -1.01. The molecule has 26 heavy (non-hydrogen) atoms. The number of nitrogens with zero attached hydrogens (tertiary/aromatic N) is 5. The molecule has 2 fully saturated rings. The molecule has 2 aliphatic rings. The van der Waals surface area contributed by atoms with Crippen molar-refractivity contribution in [1.29, 1.82) is 0 Å². The van der Waals surface area contributed by atoms with Crippen LogP contribution in [0.2, 0.25) is 0 Å². The maximum Gasteiger partial charge on any atom is 0.229 e. The predicted octanol–water partition coefficient (Wildman–Crippen LogP) is 1.13. The van der Waals surface area contributed by atoms with Gasteiger partial charge in [0.15, 0.2) is 5.82 Å². The van der Waals surface area contributed by atoms with Gasteiger partial charge in [0.25, 0.3) is 0 Å². The van der Waals surface area contributed by atoms with Crippen molar-refractivity contribution >= 4 is 5.91 Å². The summed E-state index contributed by atoms with van der Waals surface area (Å²) in [6.45, 7) is 2.92. The van der Waals surface area contributed by atoms with Crippen molar-refractivity contribution in [3.05, 3.63) is 29.2 Å². The van der Waals surface area contributed by atoms with Crippen LogP contribution in [0.25, 0.3) is 0 Å². The Balaban J connectivity index is 1.40. The van der Waals surface area contributed by atoms with E-state index < -0.39 is 5.60 Å². The van der Waals surface area contributed by atoms with Crippen molar-refractivity contribution in [1.82, 2.24) is 24.8 Å². The van der Waals surface area contributed by atoms with Gasteiger partial charge in [0.1, 0.15) is 0 Å². The Labute approximate surface area is 152 Å². The van der Waals surface area contributed by atoms with Crippen LogP contribution in [-0.2, 0) is 24.7 Å². The van der Waals surface area contributed by atoms with Crippen LogP contribution in [0.15, 0.2) is 10.7 Å². The number of amides is 1. The molecule has 4 rings (SSSR count). The van der Waals surface area contributed by atoms with E-state index in [0.717, 1.165) is 36.3 Å². The Morgan fingerprint density at radius 1 is 1.46 bits per heavy atom. The van der Waals surface area contributed by atoms with E-state index in [0.29, 0.717) is 44.2 Å². The summed E-state index contributed by atoms with van der Waals surface area (Å²) in [5.41, 5.74) is 0.910. The van der Waals surface area contributed by atoms with Gasteiger partial charge >= 0.3 is 0 Å². The fraction of sp³-hybridized carbons (Fsp3) is 0.667. The van der Waals surface area contributed by atoms with Gasteiger partial charge in [0.05, 0.1) is 24.6 Å². The summed E-state index contributed by atoms with van der Waals surface area (Å²) in [7, 11) is 1.86. The van der Waals surface area contributed by atoms with Crippen LogP contribution >= 0.6 is 0 Å². The van der Waals surface area contributed by atoms with Crippen LogP contribution in [-0.4, -0.2) is 54.5 Å². The fourth-order valence-electron chi connectivity index (χ4n) is 3.59. The molecule has 0 bridgehead atoms. The van der Waals surface area contributed by atoms with E-state index in [1.807, 2.05) is 14.0 Å². The fourth-order valence-corrected chi connectivity index (χ4v) is 3.59. The highest BCUT2D eigenvalue weighted by Gasteiger charge is 2.38. The number of rotatable bonds is 5. The van der Waals surface area contributed by atoms with Crippen molar-refractivity contribution in [3.63, 3.8) is 0 Å². The second-order valence-electron chi connectivity index (χ2n) is 7.70. The molecule has 1 unspecified atom stereocenters. The zero-order chi connectivity index (χ0) is 18.3. The van der Waals surface area contributed by atoms with Gasteiger partial charge in [-0.15, -0.1) is 0 Å². The Morgan fingerprint density at radius 3 is 2.96 bits per heavy atom. The molecule has 1 amide bonds. The normalized spacial score (nSPS) is 23.4. The number of likely N-dealkylation sites (tertiary alicyclic amines) is 1. The van der Waals surface area contributed by atoms with Crippen LogP contribution in [0.5, 0.6) is 0 Å². The lowest BCUT2D eigenvalue weighted by Gasteiger charge is -2.38. The van der Waals surface area contributed by atoms with Crippen LogP contribution in [0.4, 0.5) is 0 Å². The lowest BCUT2D eigenvalue weighted by molar-refractivity contribution is -0.137. The van der Waals surface area contributed by atoms with E-state index in [2.05, 4.69) is 15.2 Å². The predicted molar refractivity (Wildman–Crippen MR) is 92.4 cm³/mol. The standard InChI is InChI=1S/C18H25N5O3/c1-12-14(10-19-22(12)2)8-16(24)23-7-3-6-18(25,11-23)9-15-20-17(21-26-15)13-4-5-13/h10,13,25H,3-9,11H2,1-2H3. The SMILES string of the molecule is Cc1c(CC(=O)N2CCCC(O)(Cc3nc(C4CC4)no3)C2)cnn1C. The summed E-state index contributed by atoms with van der Waals surface area (Å²) in [5.74, 6) is 1.66. The number of β-amino-alcohol motifs (C(OH)–C–C–N with tert-alkyl or cyclic N) is 1. The topological polar surface area (TPSA) is 97.3 Å². The van der Waals surface area contributed by atoms with Crippen LogP contribution in [0.1, 0.15) is 54.6 Å². The van der Waals surface area contributed by atoms with Crippen LogP contribution in [0, 0.1) is 6.92 Å². The van der Waals surface area contributed by atoms with Gasteiger partial charge in [-0.3, -0.25) is 9.48 Å². The molecule has 0 aromatic carbocycles. The summed E-state index contributed by atoms with van der Waals surface area (Å²) in [6.07, 6.45) is 5.95. The van der Waals surface area contributed by atoms with Crippen molar-refractivity contribution < 1.29 is 14.4 Å².